The number of rotatable bonds is 6. The second-order valence-electron chi connectivity index (χ2n) is 7.00. The van der Waals surface area contributed by atoms with Gasteiger partial charge in [0.25, 0.3) is 0 Å². The smallest absolute Gasteiger partial charge is 0.161 e. The van der Waals surface area contributed by atoms with Gasteiger partial charge in [0.1, 0.15) is 0 Å². The SMILES string of the molecule is C=C(C)C(=O)C1CC(CO)C2(CCC2C(=O)C(=C)C)C1CO. The maximum atomic E-state index is 12.5. The van der Waals surface area contributed by atoms with E-state index in [0.29, 0.717) is 17.6 Å². The molecule has 1 spiro atoms. The zero-order valence-electron chi connectivity index (χ0n) is 13.5. The number of ketones is 2. The van der Waals surface area contributed by atoms with Crippen LogP contribution in [0, 0.1) is 29.1 Å². The van der Waals surface area contributed by atoms with Gasteiger partial charge in [-0.1, -0.05) is 13.2 Å². The van der Waals surface area contributed by atoms with Crippen molar-refractivity contribution in [3.63, 3.8) is 0 Å². The Bertz CT molecular complexity index is 497. The molecule has 2 fully saturated rings. The summed E-state index contributed by atoms with van der Waals surface area (Å²) in [5.41, 5.74) is 0.515. The third kappa shape index (κ3) is 2.29. The van der Waals surface area contributed by atoms with E-state index in [4.69, 9.17) is 0 Å². The molecule has 0 saturated heterocycles. The van der Waals surface area contributed by atoms with Crippen molar-refractivity contribution in [3.8, 4) is 0 Å². The standard InChI is InChI=1S/C18H26O4/c1-10(2)16(21)13-7-12(8-19)18(15(13)9-20)6-5-14(18)17(22)11(3)4/h12-15,19-20H,1,3,5-9H2,2,4H3. The molecule has 22 heavy (non-hydrogen) atoms. The maximum absolute atomic E-state index is 12.5. The van der Waals surface area contributed by atoms with Crippen LogP contribution in [-0.2, 0) is 9.59 Å². The largest absolute Gasteiger partial charge is 0.396 e. The van der Waals surface area contributed by atoms with E-state index in [2.05, 4.69) is 13.2 Å². The Labute approximate surface area is 131 Å². The average molecular weight is 306 g/mol. The molecule has 122 valence electrons. The highest BCUT2D eigenvalue weighted by molar-refractivity contribution is 5.98. The van der Waals surface area contributed by atoms with Crippen LogP contribution in [0.3, 0.4) is 0 Å². The lowest BCUT2D eigenvalue weighted by Crippen LogP contribution is -2.54. The van der Waals surface area contributed by atoms with Crippen molar-refractivity contribution < 1.29 is 19.8 Å². The summed E-state index contributed by atoms with van der Waals surface area (Å²) in [4.78, 5) is 24.9. The summed E-state index contributed by atoms with van der Waals surface area (Å²) in [5.74, 6) is -1.03. The van der Waals surface area contributed by atoms with Gasteiger partial charge in [0.05, 0.1) is 0 Å². The van der Waals surface area contributed by atoms with E-state index in [1.54, 1.807) is 13.8 Å². The molecule has 0 heterocycles. The Hall–Kier alpha value is -1.26. The van der Waals surface area contributed by atoms with Crippen LogP contribution in [0.25, 0.3) is 0 Å². The molecule has 5 atom stereocenters. The first-order valence-electron chi connectivity index (χ1n) is 7.92. The summed E-state index contributed by atoms with van der Waals surface area (Å²) >= 11 is 0. The van der Waals surface area contributed by atoms with Crippen LogP contribution < -0.4 is 0 Å². The van der Waals surface area contributed by atoms with Crippen molar-refractivity contribution in [2.75, 3.05) is 13.2 Å². The molecule has 0 radical (unpaired) electrons. The van der Waals surface area contributed by atoms with Crippen LogP contribution in [0.5, 0.6) is 0 Å². The van der Waals surface area contributed by atoms with Gasteiger partial charge in [-0.05, 0) is 61.5 Å². The van der Waals surface area contributed by atoms with Crippen molar-refractivity contribution in [2.24, 2.45) is 29.1 Å². The Morgan fingerprint density at radius 3 is 2.05 bits per heavy atom. The molecule has 0 aromatic heterocycles. The van der Waals surface area contributed by atoms with Crippen molar-refractivity contribution in [1.29, 1.82) is 0 Å². The number of hydrogen-bond donors (Lipinski definition) is 2. The highest BCUT2D eigenvalue weighted by Crippen LogP contribution is 2.65. The molecule has 4 heteroatoms. The predicted octanol–water partition coefficient (Wildman–Crippen LogP) is 1.91. The minimum absolute atomic E-state index is 0.00609. The zero-order valence-corrected chi connectivity index (χ0v) is 13.5. The fourth-order valence-corrected chi connectivity index (χ4v) is 4.74. The Morgan fingerprint density at radius 1 is 1.09 bits per heavy atom. The van der Waals surface area contributed by atoms with E-state index < -0.39 is 5.41 Å². The van der Waals surface area contributed by atoms with Crippen LogP contribution in [0.1, 0.15) is 33.1 Å². The van der Waals surface area contributed by atoms with Gasteiger partial charge < -0.3 is 10.2 Å². The van der Waals surface area contributed by atoms with E-state index in [1.807, 2.05) is 0 Å². The normalized spacial score (nSPS) is 36.9. The fourth-order valence-electron chi connectivity index (χ4n) is 4.74. The zero-order chi connectivity index (χ0) is 16.7. The first kappa shape index (κ1) is 17.1. The topological polar surface area (TPSA) is 74.6 Å². The monoisotopic (exact) mass is 306 g/mol. The van der Waals surface area contributed by atoms with Crippen molar-refractivity contribution in [3.05, 3.63) is 24.3 Å². The molecule has 2 N–H and O–H groups in total. The van der Waals surface area contributed by atoms with Gasteiger partial charge in [0.15, 0.2) is 11.6 Å². The van der Waals surface area contributed by atoms with E-state index in [-0.39, 0.29) is 48.5 Å². The van der Waals surface area contributed by atoms with Gasteiger partial charge in [-0.3, -0.25) is 9.59 Å². The highest BCUT2D eigenvalue weighted by Gasteiger charge is 2.65. The molecule has 0 aliphatic heterocycles. The van der Waals surface area contributed by atoms with Crippen LogP contribution in [0.4, 0.5) is 0 Å². The molecule has 0 bridgehead atoms. The minimum atomic E-state index is -0.463. The van der Waals surface area contributed by atoms with Gasteiger partial charge in [0.2, 0.25) is 0 Å². The fraction of sp³-hybridized carbons (Fsp3) is 0.667. The van der Waals surface area contributed by atoms with Gasteiger partial charge in [-0.2, -0.15) is 0 Å². The third-order valence-electron chi connectivity index (χ3n) is 5.90. The summed E-state index contributed by atoms with van der Waals surface area (Å²) in [7, 11) is 0. The van der Waals surface area contributed by atoms with Gasteiger partial charge >= 0.3 is 0 Å². The predicted molar refractivity (Wildman–Crippen MR) is 84.1 cm³/mol. The molecule has 2 saturated carbocycles. The van der Waals surface area contributed by atoms with Crippen LogP contribution in [0.2, 0.25) is 0 Å². The maximum Gasteiger partial charge on any atom is 0.161 e. The number of hydrogen-bond acceptors (Lipinski definition) is 4. The number of aliphatic hydroxyl groups excluding tert-OH is 2. The quantitative estimate of drug-likeness (QED) is 0.735. The Morgan fingerprint density at radius 2 is 1.68 bits per heavy atom. The van der Waals surface area contributed by atoms with E-state index in [0.717, 1.165) is 12.8 Å². The molecular formula is C18H26O4. The highest BCUT2D eigenvalue weighted by atomic mass is 16.3. The summed E-state index contributed by atoms with van der Waals surface area (Å²) in [6.45, 7) is 10.6. The third-order valence-corrected chi connectivity index (χ3v) is 5.90. The van der Waals surface area contributed by atoms with Crippen molar-refractivity contribution in [1.82, 2.24) is 0 Å². The van der Waals surface area contributed by atoms with Crippen LogP contribution >= 0.6 is 0 Å². The first-order valence-corrected chi connectivity index (χ1v) is 7.92. The van der Waals surface area contributed by atoms with Crippen molar-refractivity contribution in [2.45, 2.75) is 33.1 Å². The molecule has 5 unspecified atom stereocenters. The second kappa shape index (κ2) is 6.09. The number of aliphatic hydroxyl groups is 2. The number of carbonyl (C=O) groups excluding carboxylic acids is 2. The molecule has 2 rings (SSSR count). The molecular weight excluding hydrogens is 280 g/mol. The first-order chi connectivity index (χ1) is 10.3. The Balaban J connectivity index is 2.40. The molecule has 4 nitrogen and oxygen atoms in total. The average Bonchev–Trinajstić information content (AvgIpc) is 2.80. The van der Waals surface area contributed by atoms with E-state index in [9.17, 15) is 19.8 Å². The Kier molecular flexibility index (Phi) is 4.73. The summed E-state index contributed by atoms with van der Waals surface area (Å²) in [6, 6.07) is 0. The number of Topliss-reactive ketones (excluding diaryl/α,β-unsaturated/α-hetero) is 2. The lowest BCUT2D eigenvalue weighted by molar-refractivity contribution is -0.144. The van der Waals surface area contributed by atoms with Crippen molar-refractivity contribution >= 4 is 11.6 Å². The molecule has 2 aliphatic carbocycles. The summed E-state index contributed by atoms with van der Waals surface area (Å²) in [5, 5.41) is 19.7. The van der Waals surface area contributed by atoms with E-state index >= 15 is 0 Å². The van der Waals surface area contributed by atoms with Crippen LogP contribution in [0.15, 0.2) is 24.3 Å². The lowest BCUT2D eigenvalue weighted by Gasteiger charge is -2.53. The number of carbonyl (C=O) groups is 2. The summed E-state index contributed by atoms with van der Waals surface area (Å²) in [6.07, 6.45) is 2.03. The number of allylic oxidation sites excluding steroid dienone is 2. The molecule has 0 amide bonds. The molecule has 0 aromatic carbocycles. The van der Waals surface area contributed by atoms with Crippen LogP contribution in [-0.4, -0.2) is 35.0 Å². The minimum Gasteiger partial charge on any atom is -0.396 e. The second-order valence-corrected chi connectivity index (χ2v) is 7.00. The molecule has 2 aliphatic rings. The lowest BCUT2D eigenvalue weighted by atomic mass is 9.49. The molecule has 0 aromatic rings. The van der Waals surface area contributed by atoms with E-state index in [1.165, 1.54) is 0 Å². The van der Waals surface area contributed by atoms with Gasteiger partial charge in [0, 0.05) is 25.0 Å². The summed E-state index contributed by atoms with van der Waals surface area (Å²) < 4.78 is 0. The van der Waals surface area contributed by atoms with Gasteiger partial charge in [-0.15, -0.1) is 0 Å². The van der Waals surface area contributed by atoms with Gasteiger partial charge in [-0.25, -0.2) is 0 Å².